The predicted molar refractivity (Wildman–Crippen MR) is 109 cm³/mol. The zero-order valence-electron chi connectivity index (χ0n) is 16.3. The summed E-state index contributed by atoms with van der Waals surface area (Å²) in [5.41, 5.74) is 1.77. The standard InChI is InChI=1S/C21H18F2N4O2S/c1-14-6-3-4-7-16(14)13-27(17-9-10-18(22)19(23)12-17)30(28,29)20-8-5-11-26-15(2)24-25-21(20)26/h3-12H,13H2,1-2H3. The maximum Gasteiger partial charge on any atom is 0.268 e. The molecule has 0 saturated carbocycles. The second-order valence-corrected chi connectivity index (χ2v) is 8.68. The number of halogens is 2. The van der Waals surface area contributed by atoms with Crippen LogP contribution in [0.15, 0.2) is 65.7 Å². The minimum Gasteiger partial charge on any atom is -0.286 e. The Kier molecular flexibility index (Phi) is 4.98. The van der Waals surface area contributed by atoms with E-state index < -0.39 is 21.7 Å². The van der Waals surface area contributed by atoms with E-state index in [0.717, 1.165) is 27.6 Å². The Balaban J connectivity index is 1.91. The number of rotatable bonds is 5. The number of fused-ring (bicyclic) bond motifs is 1. The van der Waals surface area contributed by atoms with Gasteiger partial charge in [-0.3, -0.25) is 8.71 Å². The number of hydrogen-bond donors (Lipinski definition) is 0. The van der Waals surface area contributed by atoms with E-state index in [1.165, 1.54) is 12.1 Å². The molecule has 2 aromatic carbocycles. The van der Waals surface area contributed by atoms with Crippen LogP contribution in [0, 0.1) is 25.5 Å². The predicted octanol–water partition coefficient (Wildman–Crippen LogP) is 4.02. The summed E-state index contributed by atoms with van der Waals surface area (Å²) in [7, 11) is -4.19. The van der Waals surface area contributed by atoms with Gasteiger partial charge < -0.3 is 0 Å². The number of nitrogens with zero attached hydrogens (tertiary/aromatic N) is 4. The van der Waals surface area contributed by atoms with Crippen molar-refractivity contribution in [2.24, 2.45) is 0 Å². The van der Waals surface area contributed by atoms with Gasteiger partial charge in [0.2, 0.25) is 0 Å². The van der Waals surface area contributed by atoms with Gasteiger partial charge in [0.25, 0.3) is 10.0 Å². The summed E-state index contributed by atoms with van der Waals surface area (Å²) in [6.07, 6.45) is 1.66. The molecule has 0 aliphatic carbocycles. The number of sulfonamides is 1. The molecule has 0 amide bonds. The first kappa shape index (κ1) is 20.0. The van der Waals surface area contributed by atoms with E-state index in [-0.39, 0.29) is 22.8 Å². The van der Waals surface area contributed by atoms with Gasteiger partial charge in [-0.25, -0.2) is 17.2 Å². The summed E-state index contributed by atoms with van der Waals surface area (Å²) in [5, 5.41) is 7.94. The molecule has 2 aromatic heterocycles. The van der Waals surface area contributed by atoms with Crippen LogP contribution in [0.5, 0.6) is 0 Å². The summed E-state index contributed by atoms with van der Waals surface area (Å²) in [5.74, 6) is -1.66. The Morgan fingerprint density at radius 2 is 1.73 bits per heavy atom. The van der Waals surface area contributed by atoms with Crippen molar-refractivity contribution >= 4 is 21.4 Å². The van der Waals surface area contributed by atoms with Gasteiger partial charge >= 0.3 is 0 Å². The molecule has 154 valence electrons. The first-order valence-corrected chi connectivity index (χ1v) is 10.6. The molecule has 2 heterocycles. The Labute approximate surface area is 172 Å². The molecule has 0 fully saturated rings. The molecular weight excluding hydrogens is 410 g/mol. The van der Waals surface area contributed by atoms with Gasteiger partial charge in [0.1, 0.15) is 10.7 Å². The smallest absolute Gasteiger partial charge is 0.268 e. The van der Waals surface area contributed by atoms with E-state index in [9.17, 15) is 17.2 Å². The van der Waals surface area contributed by atoms with Crippen molar-refractivity contribution in [2.75, 3.05) is 4.31 Å². The molecule has 0 saturated heterocycles. The molecule has 0 aliphatic rings. The average Bonchev–Trinajstić information content (AvgIpc) is 3.10. The lowest BCUT2D eigenvalue weighted by Gasteiger charge is -2.25. The van der Waals surface area contributed by atoms with E-state index in [4.69, 9.17) is 0 Å². The van der Waals surface area contributed by atoms with E-state index in [2.05, 4.69) is 10.2 Å². The second-order valence-electron chi connectivity index (χ2n) is 6.85. The number of aromatic nitrogens is 3. The van der Waals surface area contributed by atoms with Crippen LogP contribution in [0.25, 0.3) is 5.65 Å². The Morgan fingerprint density at radius 3 is 2.47 bits per heavy atom. The molecule has 0 unspecified atom stereocenters. The van der Waals surface area contributed by atoms with Crippen molar-refractivity contribution in [3.05, 3.63) is 89.4 Å². The molecular formula is C21H18F2N4O2S. The van der Waals surface area contributed by atoms with Crippen molar-refractivity contribution < 1.29 is 17.2 Å². The van der Waals surface area contributed by atoms with Crippen LogP contribution in [0.1, 0.15) is 17.0 Å². The van der Waals surface area contributed by atoms with Crippen molar-refractivity contribution in [3.63, 3.8) is 0 Å². The number of anilines is 1. The third-order valence-electron chi connectivity index (χ3n) is 4.90. The van der Waals surface area contributed by atoms with E-state index in [1.807, 2.05) is 19.1 Å². The molecule has 6 nitrogen and oxygen atoms in total. The first-order valence-electron chi connectivity index (χ1n) is 9.11. The SMILES string of the molecule is Cc1ccccc1CN(c1ccc(F)c(F)c1)S(=O)(=O)c1cccn2c(C)nnc12. The second kappa shape index (κ2) is 7.49. The maximum atomic E-state index is 14.0. The summed E-state index contributed by atoms with van der Waals surface area (Å²) < 4.78 is 57.5. The fourth-order valence-corrected chi connectivity index (χ4v) is 4.78. The lowest BCUT2D eigenvalue weighted by Crippen LogP contribution is -2.31. The van der Waals surface area contributed by atoms with Crippen LogP contribution >= 0.6 is 0 Å². The first-order chi connectivity index (χ1) is 14.3. The molecule has 30 heavy (non-hydrogen) atoms. The monoisotopic (exact) mass is 428 g/mol. The van der Waals surface area contributed by atoms with Crippen molar-refractivity contribution in [3.8, 4) is 0 Å². The normalized spacial score (nSPS) is 11.7. The Morgan fingerprint density at radius 1 is 0.967 bits per heavy atom. The highest BCUT2D eigenvalue weighted by Crippen LogP contribution is 2.29. The molecule has 9 heteroatoms. The Hall–Kier alpha value is -3.33. The van der Waals surface area contributed by atoms with E-state index >= 15 is 0 Å². The number of pyridine rings is 1. The fraction of sp³-hybridized carbons (Fsp3) is 0.143. The van der Waals surface area contributed by atoms with Crippen LogP contribution in [-0.2, 0) is 16.6 Å². The van der Waals surface area contributed by atoms with Crippen LogP contribution in [0.3, 0.4) is 0 Å². The molecule has 0 spiro atoms. The largest absolute Gasteiger partial charge is 0.286 e. The number of benzene rings is 2. The third kappa shape index (κ3) is 3.41. The van der Waals surface area contributed by atoms with Gasteiger partial charge in [-0.2, -0.15) is 0 Å². The minimum absolute atomic E-state index is 0.00962. The third-order valence-corrected chi connectivity index (χ3v) is 6.70. The van der Waals surface area contributed by atoms with Gasteiger partial charge in [0.15, 0.2) is 17.3 Å². The van der Waals surface area contributed by atoms with Crippen molar-refractivity contribution in [1.82, 2.24) is 14.6 Å². The van der Waals surface area contributed by atoms with E-state index in [0.29, 0.717) is 5.82 Å². The molecule has 4 rings (SSSR count). The summed E-state index contributed by atoms with van der Waals surface area (Å²) in [4.78, 5) is -0.0797. The van der Waals surface area contributed by atoms with Crippen molar-refractivity contribution in [2.45, 2.75) is 25.3 Å². The van der Waals surface area contributed by atoms with Crippen LogP contribution < -0.4 is 4.31 Å². The van der Waals surface area contributed by atoms with Gasteiger partial charge in [0.05, 0.1) is 12.2 Å². The molecule has 0 atom stereocenters. The molecule has 0 N–H and O–H groups in total. The quantitative estimate of drug-likeness (QED) is 0.482. The molecule has 0 aliphatic heterocycles. The van der Waals surface area contributed by atoms with Gasteiger partial charge in [-0.15, -0.1) is 10.2 Å². The topological polar surface area (TPSA) is 67.6 Å². The zero-order valence-corrected chi connectivity index (χ0v) is 17.1. The number of hydrogen-bond acceptors (Lipinski definition) is 4. The van der Waals surface area contributed by atoms with E-state index in [1.54, 1.807) is 35.7 Å². The van der Waals surface area contributed by atoms with Crippen LogP contribution in [0.2, 0.25) is 0 Å². The Bertz CT molecular complexity index is 1350. The molecule has 0 radical (unpaired) electrons. The number of aryl methyl sites for hydroxylation is 2. The van der Waals surface area contributed by atoms with Crippen LogP contribution in [0.4, 0.5) is 14.5 Å². The summed E-state index contributed by atoms with van der Waals surface area (Å²) in [6.45, 7) is 3.50. The maximum absolute atomic E-state index is 14.0. The lowest BCUT2D eigenvalue weighted by atomic mass is 10.1. The summed E-state index contributed by atoms with van der Waals surface area (Å²) in [6, 6.07) is 13.3. The highest BCUT2D eigenvalue weighted by molar-refractivity contribution is 7.93. The average molecular weight is 428 g/mol. The van der Waals surface area contributed by atoms with Gasteiger partial charge in [-0.1, -0.05) is 24.3 Å². The van der Waals surface area contributed by atoms with Crippen molar-refractivity contribution in [1.29, 1.82) is 0 Å². The minimum atomic E-state index is -4.19. The summed E-state index contributed by atoms with van der Waals surface area (Å²) >= 11 is 0. The highest BCUT2D eigenvalue weighted by atomic mass is 32.2. The van der Waals surface area contributed by atoms with Crippen LogP contribution in [-0.4, -0.2) is 23.0 Å². The highest BCUT2D eigenvalue weighted by Gasteiger charge is 2.29. The van der Waals surface area contributed by atoms with Gasteiger partial charge in [-0.05, 0) is 49.2 Å². The molecule has 0 bridgehead atoms. The molecule has 4 aromatic rings. The van der Waals surface area contributed by atoms with Gasteiger partial charge in [0, 0.05) is 12.3 Å². The lowest BCUT2D eigenvalue weighted by molar-refractivity contribution is 0.508. The zero-order chi connectivity index (χ0) is 21.5. The fourth-order valence-electron chi connectivity index (χ4n) is 3.22.